The van der Waals surface area contributed by atoms with Crippen molar-refractivity contribution in [3.8, 4) is 11.4 Å². The fourth-order valence-corrected chi connectivity index (χ4v) is 2.46. The summed E-state index contributed by atoms with van der Waals surface area (Å²) >= 11 is 0. The number of hydrogen-bond donors (Lipinski definition) is 2. The van der Waals surface area contributed by atoms with Crippen molar-refractivity contribution in [3.05, 3.63) is 45.8 Å². The number of nitro benzene ring substituents is 1. The molecule has 1 aliphatic rings. The van der Waals surface area contributed by atoms with E-state index in [9.17, 15) is 15.3 Å². The van der Waals surface area contributed by atoms with E-state index in [-0.39, 0.29) is 11.5 Å². The highest BCUT2D eigenvalue weighted by Gasteiger charge is 2.25. The van der Waals surface area contributed by atoms with Gasteiger partial charge in [-0.15, -0.1) is 0 Å². The maximum Gasteiger partial charge on any atom is 0.269 e. The van der Waals surface area contributed by atoms with Gasteiger partial charge in [-0.25, -0.2) is 4.98 Å². The van der Waals surface area contributed by atoms with Crippen LogP contribution in [0.2, 0.25) is 0 Å². The maximum absolute atomic E-state index is 10.6. The zero-order valence-corrected chi connectivity index (χ0v) is 10.9. The Morgan fingerprint density at radius 2 is 2.00 bits per heavy atom. The number of nitrogens with zero attached hydrogens (tertiary/aromatic N) is 4. The summed E-state index contributed by atoms with van der Waals surface area (Å²) in [5.41, 5.74) is 2.01. The first kappa shape index (κ1) is 13.1. The lowest BCUT2D eigenvalue weighted by Gasteiger charge is -2.11. The number of rotatable bonds is 2. The van der Waals surface area contributed by atoms with Gasteiger partial charge in [0.1, 0.15) is 11.4 Å². The van der Waals surface area contributed by atoms with Gasteiger partial charge < -0.3 is 10.4 Å². The van der Waals surface area contributed by atoms with Gasteiger partial charge >= 0.3 is 0 Å². The molecule has 108 valence electrons. The minimum atomic E-state index is -0.489. The molecule has 8 heteroatoms. The Hall–Kier alpha value is -2.90. The van der Waals surface area contributed by atoms with Crippen LogP contribution in [0.4, 0.5) is 5.69 Å². The van der Waals surface area contributed by atoms with Gasteiger partial charge in [0.05, 0.1) is 10.6 Å². The van der Waals surface area contributed by atoms with Gasteiger partial charge in [-0.3, -0.25) is 10.1 Å². The number of imidazole rings is 1. The summed E-state index contributed by atoms with van der Waals surface area (Å²) in [5, 5.41) is 33.1. The number of oxime groups is 1. The second-order valence-electron chi connectivity index (χ2n) is 4.75. The number of fused-ring (bicyclic) bond motifs is 1. The Kier molecular flexibility index (Phi) is 3.05. The maximum atomic E-state index is 10.6. The van der Waals surface area contributed by atoms with E-state index in [2.05, 4.69) is 10.1 Å². The van der Waals surface area contributed by atoms with E-state index in [4.69, 9.17) is 5.21 Å². The van der Waals surface area contributed by atoms with E-state index in [1.165, 1.54) is 24.3 Å². The molecule has 0 aliphatic heterocycles. The molecule has 2 aromatic rings. The normalized spacial score (nSPS) is 15.9. The molecule has 0 saturated heterocycles. The summed E-state index contributed by atoms with van der Waals surface area (Å²) in [4.78, 5) is 14.5. The van der Waals surface area contributed by atoms with Crippen molar-refractivity contribution in [2.75, 3.05) is 0 Å². The predicted molar refractivity (Wildman–Crippen MR) is 72.8 cm³/mol. The van der Waals surface area contributed by atoms with Crippen LogP contribution in [0.15, 0.2) is 29.4 Å². The Labute approximate surface area is 119 Å². The van der Waals surface area contributed by atoms with Crippen molar-refractivity contribution in [1.82, 2.24) is 9.71 Å². The third kappa shape index (κ3) is 2.10. The predicted octanol–water partition coefficient (Wildman–Crippen LogP) is 2.21. The molecule has 0 atom stereocenters. The highest BCUT2D eigenvalue weighted by atomic mass is 16.6. The van der Waals surface area contributed by atoms with Gasteiger partial charge in [0.2, 0.25) is 0 Å². The molecule has 1 aromatic heterocycles. The van der Waals surface area contributed by atoms with Crippen LogP contribution >= 0.6 is 0 Å². The lowest BCUT2D eigenvalue weighted by Crippen LogP contribution is -2.13. The highest BCUT2D eigenvalue weighted by molar-refractivity contribution is 6.00. The van der Waals surface area contributed by atoms with Crippen LogP contribution in [-0.4, -0.2) is 30.8 Å². The van der Waals surface area contributed by atoms with Gasteiger partial charge in [0.25, 0.3) is 5.69 Å². The average Bonchev–Trinajstić information content (AvgIpc) is 2.85. The van der Waals surface area contributed by atoms with Crippen LogP contribution in [0.3, 0.4) is 0 Å². The van der Waals surface area contributed by atoms with Crippen LogP contribution in [-0.2, 0) is 6.42 Å². The first-order valence-electron chi connectivity index (χ1n) is 6.39. The lowest BCUT2D eigenvalue weighted by atomic mass is 9.99. The Morgan fingerprint density at radius 3 is 2.62 bits per heavy atom. The standard InChI is InChI=1S/C13H12N4O4/c18-15-10-2-1-3-11-12(10)14-13(16(11)19)8-4-6-9(7-5-8)17(20)21/h4-7,18-19H,1-3H2/b15-10+. The van der Waals surface area contributed by atoms with Crippen molar-refractivity contribution in [3.63, 3.8) is 0 Å². The number of hydrogen-bond acceptors (Lipinski definition) is 6. The lowest BCUT2D eigenvalue weighted by molar-refractivity contribution is -0.384. The summed E-state index contributed by atoms with van der Waals surface area (Å²) in [7, 11) is 0. The molecule has 1 heterocycles. The van der Waals surface area contributed by atoms with E-state index < -0.39 is 4.92 Å². The molecule has 1 aromatic carbocycles. The smallest absolute Gasteiger partial charge is 0.269 e. The highest BCUT2D eigenvalue weighted by Crippen LogP contribution is 2.28. The van der Waals surface area contributed by atoms with Gasteiger partial charge in [0, 0.05) is 17.7 Å². The van der Waals surface area contributed by atoms with Gasteiger partial charge in [0.15, 0.2) is 5.82 Å². The van der Waals surface area contributed by atoms with Crippen molar-refractivity contribution in [1.29, 1.82) is 0 Å². The quantitative estimate of drug-likeness (QED) is 0.380. The minimum absolute atomic E-state index is 0.0304. The van der Waals surface area contributed by atoms with Crippen LogP contribution < -0.4 is 0 Å². The fourth-order valence-electron chi connectivity index (χ4n) is 2.46. The van der Waals surface area contributed by atoms with Gasteiger partial charge in [-0.1, -0.05) is 5.16 Å². The number of aromatic nitrogens is 2. The average molecular weight is 288 g/mol. The number of nitro groups is 1. The molecule has 0 fully saturated rings. The zero-order chi connectivity index (χ0) is 15.0. The molecule has 0 bridgehead atoms. The Morgan fingerprint density at radius 1 is 1.29 bits per heavy atom. The second-order valence-corrected chi connectivity index (χ2v) is 4.75. The Bertz CT molecular complexity index is 733. The van der Waals surface area contributed by atoms with Crippen molar-refractivity contribution < 1.29 is 15.3 Å². The third-order valence-corrected chi connectivity index (χ3v) is 3.50. The van der Waals surface area contributed by atoms with Gasteiger partial charge in [-0.05, 0) is 31.4 Å². The molecule has 0 spiro atoms. The molecule has 0 amide bonds. The van der Waals surface area contributed by atoms with Crippen molar-refractivity contribution >= 4 is 11.4 Å². The third-order valence-electron chi connectivity index (χ3n) is 3.50. The molecule has 0 radical (unpaired) electrons. The zero-order valence-electron chi connectivity index (χ0n) is 10.9. The van der Waals surface area contributed by atoms with E-state index in [1.807, 2.05) is 0 Å². The van der Waals surface area contributed by atoms with Crippen LogP contribution in [0.1, 0.15) is 24.2 Å². The molecule has 0 unspecified atom stereocenters. The van der Waals surface area contributed by atoms with Crippen molar-refractivity contribution in [2.24, 2.45) is 5.16 Å². The first-order valence-corrected chi connectivity index (χ1v) is 6.39. The van der Waals surface area contributed by atoms with E-state index >= 15 is 0 Å². The largest absolute Gasteiger partial charge is 0.427 e. The minimum Gasteiger partial charge on any atom is -0.427 e. The van der Waals surface area contributed by atoms with E-state index in [1.54, 1.807) is 0 Å². The summed E-state index contributed by atoms with van der Waals surface area (Å²) in [5.74, 6) is 0.276. The van der Waals surface area contributed by atoms with Crippen LogP contribution in [0.25, 0.3) is 11.4 Å². The SMILES string of the molecule is O=[N+]([O-])c1ccc(-c2nc3c(n2O)CCC/C3=N\O)cc1. The first-order chi connectivity index (χ1) is 10.1. The molecular weight excluding hydrogens is 276 g/mol. The second kappa shape index (κ2) is 4.89. The molecular formula is C13H12N4O4. The molecule has 2 N–H and O–H groups in total. The molecule has 0 saturated carbocycles. The molecule has 21 heavy (non-hydrogen) atoms. The summed E-state index contributed by atoms with van der Waals surface area (Å²) in [6.07, 6.45) is 1.99. The van der Waals surface area contributed by atoms with E-state index in [0.29, 0.717) is 35.5 Å². The fraction of sp³-hybridized carbons (Fsp3) is 0.231. The topological polar surface area (TPSA) is 114 Å². The van der Waals surface area contributed by atoms with Gasteiger partial charge in [-0.2, -0.15) is 4.73 Å². The summed E-state index contributed by atoms with van der Waals surface area (Å²) in [6.45, 7) is 0. The monoisotopic (exact) mass is 288 g/mol. The van der Waals surface area contributed by atoms with E-state index in [0.717, 1.165) is 11.2 Å². The Balaban J connectivity index is 2.07. The van der Waals surface area contributed by atoms with Crippen molar-refractivity contribution in [2.45, 2.75) is 19.3 Å². The molecule has 3 rings (SSSR count). The molecule has 1 aliphatic carbocycles. The van der Waals surface area contributed by atoms with Crippen LogP contribution in [0, 0.1) is 10.1 Å². The number of non-ortho nitro benzene ring substituents is 1. The molecule has 8 nitrogen and oxygen atoms in total. The summed E-state index contributed by atoms with van der Waals surface area (Å²) < 4.78 is 0.959. The number of benzene rings is 1. The van der Waals surface area contributed by atoms with Crippen LogP contribution in [0.5, 0.6) is 0 Å². The summed E-state index contributed by atoms with van der Waals surface area (Å²) in [6, 6.07) is 5.75.